The molecule has 0 saturated heterocycles. The Labute approximate surface area is 276 Å². The van der Waals surface area contributed by atoms with Gasteiger partial charge in [-0.05, 0) is 81.7 Å². The van der Waals surface area contributed by atoms with Gasteiger partial charge in [0.2, 0.25) is 0 Å². The lowest BCUT2D eigenvalue weighted by molar-refractivity contribution is 1.18. The van der Waals surface area contributed by atoms with Crippen LogP contribution in [0.2, 0.25) is 0 Å². The van der Waals surface area contributed by atoms with Crippen molar-refractivity contribution in [2.75, 3.05) is 0 Å². The molecule has 0 amide bonds. The molecule has 2 aromatic heterocycles. The normalized spacial score (nSPS) is 11.7. The number of hydrogen-bond donors (Lipinski definition) is 0. The average molecular weight is 610 g/mol. The lowest BCUT2D eigenvalue weighted by Gasteiger charge is -2.13. The first kappa shape index (κ1) is 26.6. The van der Waals surface area contributed by atoms with Crippen molar-refractivity contribution in [1.29, 1.82) is 5.26 Å². The van der Waals surface area contributed by atoms with Crippen molar-refractivity contribution >= 4 is 65.2 Å². The minimum absolute atomic E-state index is 0.675. The van der Waals surface area contributed by atoms with Gasteiger partial charge in [0.25, 0.3) is 0 Å². The summed E-state index contributed by atoms with van der Waals surface area (Å²) < 4.78 is 4.83. The summed E-state index contributed by atoms with van der Waals surface area (Å²) in [6.07, 6.45) is 0. The smallest absolute Gasteiger partial charge is 0.0991 e. The van der Waals surface area contributed by atoms with E-state index in [1.54, 1.807) is 0 Å². The maximum atomic E-state index is 9.50. The van der Waals surface area contributed by atoms with Crippen LogP contribution in [0.4, 0.5) is 0 Å². The summed E-state index contributed by atoms with van der Waals surface area (Å²) in [5.41, 5.74) is 10.1. The molecular formula is C45H27N3. The Morgan fingerprint density at radius 1 is 0.396 bits per heavy atom. The van der Waals surface area contributed by atoms with Crippen molar-refractivity contribution in [3.63, 3.8) is 0 Å². The Kier molecular flexibility index (Phi) is 5.64. The predicted molar refractivity (Wildman–Crippen MR) is 200 cm³/mol. The first-order valence-electron chi connectivity index (χ1n) is 16.3. The van der Waals surface area contributed by atoms with Gasteiger partial charge in [0, 0.05) is 38.5 Å². The van der Waals surface area contributed by atoms with Crippen LogP contribution in [0.3, 0.4) is 0 Å². The van der Waals surface area contributed by atoms with Crippen molar-refractivity contribution in [3.8, 4) is 28.6 Å². The van der Waals surface area contributed by atoms with Crippen molar-refractivity contribution in [2.45, 2.75) is 0 Å². The molecule has 0 saturated carbocycles. The number of benzene rings is 8. The van der Waals surface area contributed by atoms with Crippen LogP contribution in [0.25, 0.3) is 87.7 Å². The lowest BCUT2D eigenvalue weighted by Crippen LogP contribution is -1.96. The molecule has 48 heavy (non-hydrogen) atoms. The van der Waals surface area contributed by atoms with Crippen LogP contribution in [0.15, 0.2) is 164 Å². The third-order valence-corrected chi connectivity index (χ3v) is 9.91. The summed E-state index contributed by atoms with van der Waals surface area (Å²) in [5.74, 6) is 0. The van der Waals surface area contributed by atoms with E-state index >= 15 is 0 Å². The molecule has 10 aromatic rings. The topological polar surface area (TPSA) is 33.6 Å². The van der Waals surface area contributed by atoms with Gasteiger partial charge in [-0.3, -0.25) is 0 Å². The number of hydrogen-bond acceptors (Lipinski definition) is 1. The van der Waals surface area contributed by atoms with Gasteiger partial charge in [-0.15, -0.1) is 0 Å². The standard InChI is InChI=1S/C45H27N3/c46-28-29-20-25-34-31(26-29)22-21-30-23-24-33(27-40(30)34)47-42-18-7-5-13-39(42)44-36(14-9-19-43(44)47)38-16-8-15-37-35-12-4-6-17-41(35)48(45(37)38)32-10-2-1-3-11-32/h1-27H. The third-order valence-electron chi connectivity index (χ3n) is 9.91. The fraction of sp³-hybridized carbons (Fsp3) is 0. The number of nitriles is 1. The quantitative estimate of drug-likeness (QED) is 0.183. The minimum atomic E-state index is 0.675. The van der Waals surface area contributed by atoms with Crippen LogP contribution in [0, 0.1) is 11.3 Å². The molecule has 0 spiro atoms. The van der Waals surface area contributed by atoms with E-state index in [1.165, 1.54) is 65.5 Å². The number of aromatic nitrogens is 2. The van der Waals surface area contributed by atoms with Crippen LogP contribution in [-0.2, 0) is 0 Å². The maximum absolute atomic E-state index is 9.50. The van der Waals surface area contributed by atoms with Crippen molar-refractivity contribution in [1.82, 2.24) is 9.13 Å². The van der Waals surface area contributed by atoms with E-state index in [1.807, 2.05) is 12.1 Å². The first-order chi connectivity index (χ1) is 23.8. The Morgan fingerprint density at radius 2 is 1.06 bits per heavy atom. The van der Waals surface area contributed by atoms with E-state index in [9.17, 15) is 5.26 Å². The highest BCUT2D eigenvalue weighted by molar-refractivity contribution is 6.21. The van der Waals surface area contributed by atoms with Crippen LogP contribution in [0.1, 0.15) is 5.56 Å². The fourth-order valence-corrected chi connectivity index (χ4v) is 7.86. The Hall–Kier alpha value is -6.63. The first-order valence-corrected chi connectivity index (χ1v) is 16.3. The van der Waals surface area contributed by atoms with Crippen molar-refractivity contribution < 1.29 is 0 Å². The molecule has 0 bridgehead atoms. The van der Waals surface area contributed by atoms with Crippen LogP contribution in [0.5, 0.6) is 0 Å². The molecule has 3 heteroatoms. The molecule has 8 aromatic carbocycles. The highest BCUT2D eigenvalue weighted by Gasteiger charge is 2.21. The molecule has 0 fully saturated rings. The molecule has 0 aliphatic heterocycles. The summed E-state index contributed by atoms with van der Waals surface area (Å²) in [4.78, 5) is 0. The zero-order valence-corrected chi connectivity index (χ0v) is 25.9. The van der Waals surface area contributed by atoms with E-state index in [2.05, 4.69) is 167 Å². The molecule has 0 N–H and O–H groups in total. The second-order valence-electron chi connectivity index (χ2n) is 12.5. The molecular weight excluding hydrogens is 583 g/mol. The SMILES string of the molecule is N#Cc1ccc2c(ccc3ccc(-n4c5ccccc5c5c(-c6cccc7c8ccccc8n(-c8ccccc8)c67)cccc54)cc32)c1. The lowest BCUT2D eigenvalue weighted by atomic mass is 9.97. The van der Waals surface area contributed by atoms with Gasteiger partial charge in [-0.25, -0.2) is 0 Å². The van der Waals surface area contributed by atoms with Gasteiger partial charge in [-0.2, -0.15) is 5.26 Å². The molecule has 3 nitrogen and oxygen atoms in total. The molecule has 10 rings (SSSR count). The van der Waals surface area contributed by atoms with Gasteiger partial charge < -0.3 is 9.13 Å². The fourth-order valence-electron chi connectivity index (χ4n) is 7.86. The predicted octanol–water partition coefficient (Wildman–Crippen LogP) is 11.7. The summed E-state index contributed by atoms with van der Waals surface area (Å²) in [7, 11) is 0. The maximum Gasteiger partial charge on any atom is 0.0991 e. The second-order valence-corrected chi connectivity index (χ2v) is 12.5. The summed E-state index contributed by atoms with van der Waals surface area (Å²) in [5, 5.41) is 19.0. The van der Waals surface area contributed by atoms with Gasteiger partial charge in [0.1, 0.15) is 0 Å². The van der Waals surface area contributed by atoms with Gasteiger partial charge in [0.05, 0.1) is 33.7 Å². The van der Waals surface area contributed by atoms with Crippen LogP contribution >= 0.6 is 0 Å². The Morgan fingerprint density at radius 3 is 1.92 bits per heavy atom. The molecule has 0 atom stereocenters. The molecule has 222 valence electrons. The van der Waals surface area contributed by atoms with Gasteiger partial charge in [-0.1, -0.05) is 109 Å². The number of fused-ring (bicyclic) bond motifs is 9. The number of para-hydroxylation sites is 4. The zero-order chi connectivity index (χ0) is 31.8. The van der Waals surface area contributed by atoms with Gasteiger partial charge in [0.15, 0.2) is 0 Å². The number of nitrogens with zero attached hydrogens (tertiary/aromatic N) is 3. The van der Waals surface area contributed by atoms with Crippen LogP contribution in [-0.4, -0.2) is 9.13 Å². The zero-order valence-electron chi connectivity index (χ0n) is 25.9. The Balaban J connectivity index is 1.29. The highest BCUT2D eigenvalue weighted by atomic mass is 15.0. The van der Waals surface area contributed by atoms with E-state index in [4.69, 9.17) is 0 Å². The van der Waals surface area contributed by atoms with Crippen molar-refractivity contribution in [2.24, 2.45) is 0 Å². The van der Waals surface area contributed by atoms with Crippen molar-refractivity contribution in [3.05, 3.63) is 169 Å². The van der Waals surface area contributed by atoms with E-state index in [-0.39, 0.29) is 0 Å². The molecule has 2 heterocycles. The molecule has 0 unspecified atom stereocenters. The minimum Gasteiger partial charge on any atom is -0.309 e. The highest BCUT2D eigenvalue weighted by Crippen LogP contribution is 2.43. The monoisotopic (exact) mass is 609 g/mol. The average Bonchev–Trinajstić information content (AvgIpc) is 3.68. The van der Waals surface area contributed by atoms with E-state index in [0.29, 0.717) is 5.56 Å². The summed E-state index contributed by atoms with van der Waals surface area (Å²) in [6, 6.07) is 60.9. The summed E-state index contributed by atoms with van der Waals surface area (Å²) >= 11 is 0. The van der Waals surface area contributed by atoms with E-state index in [0.717, 1.165) is 22.1 Å². The van der Waals surface area contributed by atoms with Crippen LogP contribution < -0.4 is 0 Å². The van der Waals surface area contributed by atoms with E-state index < -0.39 is 0 Å². The van der Waals surface area contributed by atoms with Gasteiger partial charge >= 0.3 is 0 Å². The third kappa shape index (κ3) is 3.75. The summed E-state index contributed by atoms with van der Waals surface area (Å²) in [6.45, 7) is 0. The second kappa shape index (κ2) is 10.2. The molecule has 0 radical (unpaired) electrons. The molecule has 0 aliphatic carbocycles. The molecule has 0 aliphatic rings. The largest absolute Gasteiger partial charge is 0.309 e. The number of rotatable bonds is 3. The Bertz CT molecular complexity index is 2950.